The molecule has 188 valence electrons. The van der Waals surface area contributed by atoms with Gasteiger partial charge in [-0.25, -0.2) is 9.37 Å². The minimum atomic E-state index is -0.973. The van der Waals surface area contributed by atoms with E-state index in [0.717, 1.165) is 23.5 Å². The highest BCUT2D eigenvalue weighted by molar-refractivity contribution is 7.17. The number of ether oxygens (including phenoxy) is 2. The van der Waals surface area contributed by atoms with Gasteiger partial charge in [-0.3, -0.25) is 19.3 Å². The predicted molar refractivity (Wildman–Crippen MR) is 137 cm³/mol. The molecule has 5 rings (SSSR count). The van der Waals surface area contributed by atoms with Crippen molar-refractivity contribution >= 4 is 39.1 Å². The monoisotopic (exact) mass is 520 g/mol. The van der Waals surface area contributed by atoms with E-state index in [4.69, 9.17) is 13.9 Å². The Morgan fingerprint density at radius 2 is 2.03 bits per heavy atom. The molecule has 0 spiro atoms. The fraction of sp³-hybridized carbons (Fsp3) is 0.185. The van der Waals surface area contributed by atoms with Gasteiger partial charge in [-0.2, -0.15) is 0 Å². The summed E-state index contributed by atoms with van der Waals surface area (Å²) >= 11 is 1.05. The van der Waals surface area contributed by atoms with Crippen molar-refractivity contribution < 1.29 is 27.9 Å². The van der Waals surface area contributed by atoms with E-state index in [1.54, 1.807) is 31.2 Å². The van der Waals surface area contributed by atoms with E-state index >= 15 is 0 Å². The third kappa shape index (κ3) is 3.99. The van der Waals surface area contributed by atoms with E-state index in [-0.39, 0.29) is 39.8 Å². The van der Waals surface area contributed by atoms with Crippen molar-refractivity contribution in [2.45, 2.75) is 19.9 Å². The lowest BCUT2D eigenvalue weighted by molar-refractivity contribution is 0.0969. The highest BCUT2D eigenvalue weighted by Gasteiger charge is 2.45. The number of thiazole rings is 1. The molecular weight excluding hydrogens is 499 g/mol. The van der Waals surface area contributed by atoms with Gasteiger partial charge in [0, 0.05) is 6.92 Å². The van der Waals surface area contributed by atoms with Crippen LogP contribution in [0.3, 0.4) is 0 Å². The molecule has 0 saturated carbocycles. The van der Waals surface area contributed by atoms with Crippen molar-refractivity contribution in [3.05, 3.63) is 92.6 Å². The maximum absolute atomic E-state index is 14.0. The van der Waals surface area contributed by atoms with E-state index in [1.807, 2.05) is 0 Å². The number of benzene rings is 2. The second-order valence-corrected chi connectivity index (χ2v) is 9.35. The highest BCUT2D eigenvalue weighted by atomic mass is 32.1. The fourth-order valence-corrected chi connectivity index (χ4v) is 5.38. The van der Waals surface area contributed by atoms with Crippen LogP contribution in [0.4, 0.5) is 9.52 Å². The summed E-state index contributed by atoms with van der Waals surface area (Å²) in [7, 11) is 1.47. The van der Waals surface area contributed by atoms with Crippen LogP contribution in [0, 0.1) is 12.7 Å². The highest BCUT2D eigenvalue weighted by Crippen LogP contribution is 2.44. The van der Waals surface area contributed by atoms with Crippen molar-refractivity contribution in [3.63, 3.8) is 0 Å². The number of hydrogen-bond acceptors (Lipinski definition) is 8. The summed E-state index contributed by atoms with van der Waals surface area (Å²) in [4.78, 5) is 45.7. The molecule has 8 nitrogen and oxygen atoms in total. The first-order chi connectivity index (χ1) is 17.7. The third-order valence-corrected chi connectivity index (χ3v) is 7.26. The number of carbonyl (C=O) groups excluding carboxylic acids is 2. The molecule has 1 aliphatic heterocycles. The number of carbonyl (C=O) groups is 2. The summed E-state index contributed by atoms with van der Waals surface area (Å²) in [5.74, 6) is -0.752. The summed E-state index contributed by atoms with van der Waals surface area (Å²) in [5, 5.41) is 0.237. The van der Waals surface area contributed by atoms with E-state index in [1.165, 1.54) is 25.0 Å². The molecule has 10 heteroatoms. The molecule has 0 radical (unpaired) electrons. The molecule has 1 amide bonds. The van der Waals surface area contributed by atoms with Gasteiger partial charge in [0.1, 0.15) is 18.0 Å². The molecule has 2 aromatic carbocycles. The smallest absolute Gasteiger partial charge is 0.297 e. The van der Waals surface area contributed by atoms with Crippen LogP contribution < -0.4 is 19.8 Å². The van der Waals surface area contributed by atoms with E-state index < -0.39 is 23.2 Å². The van der Waals surface area contributed by atoms with Crippen LogP contribution in [0.1, 0.15) is 50.0 Å². The lowest BCUT2D eigenvalue weighted by Gasteiger charge is -2.23. The van der Waals surface area contributed by atoms with E-state index in [2.05, 4.69) is 11.6 Å². The second kappa shape index (κ2) is 9.29. The van der Waals surface area contributed by atoms with Gasteiger partial charge in [0.15, 0.2) is 27.8 Å². The van der Waals surface area contributed by atoms with Crippen molar-refractivity contribution in [2.24, 2.45) is 0 Å². The van der Waals surface area contributed by atoms with Crippen molar-refractivity contribution in [1.82, 2.24) is 4.98 Å². The quantitative estimate of drug-likeness (QED) is 0.243. The zero-order chi connectivity index (χ0) is 26.4. The zero-order valence-corrected chi connectivity index (χ0v) is 21.0. The second-order valence-electron chi connectivity index (χ2n) is 8.37. The van der Waals surface area contributed by atoms with Gasteiger partial charge in [-0.1, -0.05) is 30.1 Å². The molecule has 1 aliphatic rings. The third-order valence-electron chi connectivity index (χ3n) is 6.00. The molecule has 2 aromatic heterocycles. The Balaban J connectivity index is 1.77. The average Bonchev–Trinajstić information content (AvgIpc) is 3.40. The SMILES string of the molecule is C=CCOc1ccc(C2c3c(oc4ccc(F)cc4c3=O)C(=O)N2c2nc(C)c(C(C)=O)s2)cc1OC. The molecule has 0 bridgehead atoms. The number of rotatable bonds is 7. The number of fused-ring (bicyclic) bond motifs is 2. The average molecular weight is 521 g/mol. The van der Waals surface area contributed by atoms with Gasteiger partial charge < -0.3 is 13.9 Å². The molecule has 0 fully saturated rings. The zero-order valence-electron chi connectivity index (χ0n) is 20.2. The summed E-state index contributed by atoms with van der Waals surface area (Å²) in [6, 6.07) is 7.59. The van der Waals surface area contributed by atoms with Gasteiger partial charge in [0.25, 0.3) is 5.91 Å². The number of Topliss-reactive ketones (excluding diaryl/α,β-unsaturated/α-hetero) is 1. The fourth-order valence-electron chi connectivity index (χ4n) is 4.39. The number of hydrogen-bond donors (Lipinski definition) is 0. The molecular formula is C27H21FN2O6S. The van der Waals surface area contributed by atoms with Crippen LogP contribution in [0.15, 0.2) is 58.3 Å². The Kier molecular flexibility index (Phi) is 6.12. The minimum Gasteiger partial charge on any atom is -0.493 e. The van der Waals surface area contributed by atoms with Crippen LogP contribution in [0.25, 0.3) is 11.0 Å². The van der Waals surface area contributed by atoms with Crippen LogP contribution in [-0.2, 0) is 0 Å². The number of aromatic nitrogens is 1. The Labute approximate surface area is 214 Å². The van der Waals surface area contributed by atoms with Gasteiger partial charge >= 0.3 is 0 Å². The van der Waals surface area contributed by atoms with Crippen LogP contribution >= 0.6 is 11.3 Å². The number of nitrogens with zero attached hydrogens (tertiary/aromatic N) is 2. The van der Waals surface area contributed by atoms with Gasteiger partial charge in [-0.15, -0.1) is 0 Å². The lowest BCUT2D eigenvalue weighted by Crippen LogP contribution is -2.29. The van der Waals surface area contributed by atoms with Crippen LogP contribution in [-0.4, -0.2) is 30.4 Å². The molecule has 1 unspecified atom stereocenters. The van der Waals surface area contributed by atoms with E-state index in [9.17, 15) is 18.8 Å². The lowest BCUT2D eigenvalue weighted by atomic mass is 9.98. The molecule has 0 saturated heterocycles. The van der Waals surface area contributed by atoms with Gasteiger partial charge in [0.2, 0.25) is 5.76 Å². The van der Waals surface area contributed by atoms with Crippen molar-refractivity contribution in [3.8, 4) is 11.5 Å². The molecule has 0 N–H and O–H groups in total. The largest absolute Gasteiger partial charge is 0.493 e. The summed E-state index contributed by atoms with van der Waals surface area (Å²) in [6.07, 6.45) is 1.59. The molecule has 3 heterocycles. The van der Waals surface area contributed by atoms with Crippen LogP contribution in [0.2, 0.25) is 0 Å². The minimum absolute atomic E-state index is 0.0102. The first kappa shape index (κ1) is 24.4. The number of methoxy groups -OCH3 is 1. The Morgan fingerprint density at radius 3 is 2.70 bits per heavy atom. The Hall–Kier alpha value is -4.31. The molecule has 37 heavy (non-hydrogen) atoms. The summed E-state index contributed by atoms with van der Waals surface area (Å²) < 4.78 is 31.0. The predicted octanol–water partition coefficient (Wildman–Crippen LogP) is 5.22. The number of aryl methyl sites for hydroxylation is 1. The van der Waals surface area contributed by atoms with Crippen molar-refractivity contribution in [2.75, 3.05) is 18.6 Å². The van der Waals surface area contributed by atoms with E-state index in [0.29, 0.717) is 27.6 Å². The maximum Gasteiger partial charge on any atom is 0.297 e. The Bertz CT molecular complexity index is 1660. The standard InChI is InChI=1S/C27H21FN2O6S/c1-5-10-35-19-8-6-15(11-20(19)34-4)22-21-23(32)17-12-16(28)7-9-18(17)36-24(21)26(33)30(22)27-29-13(2)25(37-27)14(3)31/h5-9,11-12,22H,1,10H2,2-4H3. The molecule has 0 aliphatic carbocycles. The van der Waals surface area contributed by atoms with Gasteiger partial charge in [-0.05, 0) is 42.8 Å². The number of anilines is 1. The maximum atomic E-state index is 14.0. The summed E-state index contributed by atoms with van der Waals surface area (Å²) in [6.45, 7) is 6.98. The number of amides is 1. The number of ketones is 1. The topological polar surface area (TPSA) is 98.9 Å². The number of halogens is 1. The first-order valence-corrected chi connectivity index (χ1v) is 12.1. The Morgan fingerprint density at radius 1 is 1.24 bits per heavy atom. The van der Waals surface area contributed by atoms with Crippen LogP contribution in [0.5, 0.6) is 11.5 Å². The normalized spacial score (nSPS) is 14.6. The van der Waals surface area contributed by atoms with Crippen molar-refractivity contribution in [1.29, 1.82) is 0 Å². The molecule has 4 aromatic rings. The summed E-state index contributed by atoms with van der Waals surface area (Å²) in [5.41, 5.74) is 0.567. The molecule has 1 atom stereocenters. The first-order valence-electron chi connectivity index (χ1n) is 11.2. The van der Waals surface area contributed by atoms with Gasteiger partial charge in [0.05, 0.1) is 34.7 Å².